The molecule has 6 nitrogen and oxygen atoms in total. The van der Waals surface area contributed by atoms with Crippen LogP contribution in [0.3, 0.4) is 0 Å². The number of H-pyrrole nitrogens is 1. The van der Waals surface area contributed by atoms with E-state index in [4.69, 9.17) is 0 Å². The van der Waals surface area contributed by atoms with Crippen molar-refractivity contribution in [2.45, 2.75) is 6.18 Å². The monoisotopic (exact) mass is 353 g/mol. The topological polar surface area (TPSA) is 77.6 Å². The average Bonchev–Trinajstić information content (AvgIpc) is 2.50. The summed E-state index contributed by atoms with van der Waals surface area (Å²) in [7, 11) is 1.04. The Labute approximate surface area is 129 Å². The van der Waals surface area contributed by atoms with Gasteiger partial charge in [0.2, 0.25) is 11.2 Å². The molecule has 130 valence electrons. The van der Waals surface area contributed by atoms with Gasteiger partial charge in [-0.25, -0.2) is 9.18 Å². The SMILES string of the molecule is COc1c(F)c(F)cc2c(=O)c(OC(=O)OCC(F)(F)F)c[nH]c12. The third-order valence-electron chi connectivity index (χ3n) is 2.74. The molecule has 0 fully saturated rings. The first kappa shape index (κ1) is 17.5. The molecule has 1 aromatic carbocycles. The van der Waals surface area contributed by atoms with E-state index in [1.807, 2.05) is 0 Å². The van der Waals surface area contributed by atoms with Gasteiger partial charge in [-0.3, -0.25) is 4.79 Å². The number of rotatable bonds is 3. The van der Waals surface area contributed by atoms with Crippen LogP contribution in [-0.2, 0) is 4.74 Å². The van der Waals surface area contributed by atoms with Crippen molar-refractivity contribution in [2.75, 3.05) is 13.7 Å². The number of ether oxygens (including phenoxy) is 3. The van der Waals surface area contributed by atoms with Gasteiger partial charge in [-0.2, -0.15) is 17.6 Å². The van der Waals surface area contributed by atoms with Gasteiger partial charge in [0.05, 0.1) is 18.0 Å². The molecule has 2 rings (SSSR count). The van der Waals surface area contributed by atoms with E-state index in [0.29, 0.717) is 6.07 Å². The summed E-state index contributed by atoms with van der Waals surface area (Å²) in [5, 5.41) is -0.438. The Morgan fingerprint density at radius 3 is 2.54 bits per heavy atom. The molecule has 1 heterocycles. The molecule has 0 saturated carbocycles. The molecular formula is C13H8F5NO5. The predicted octanol–water partition coefficient (Wildman–Crippen LogP) is 2.89. The van der Waals surface area contributed by atoms with Crippen molar-refractivity contribution < 1.29 is 41.0 Å². The van der Waals surface area contributed by atoms with Crippen LogP contribution >= 0.6 is 0 Å². The zero-order valence-electron chi connectivity index (χ0n) is 11.8. The third-order valence-corrected chi connectivity index (χ3v) is 2.74. The molecular weight excluding hydrogens is 345 g/mol. The van der Waals surface area contributed by atoms with Crippen LogP contribution in [0.1, 0.15) is 0 Å². The zero-order valence-corrected chi connectivity index (χ0v) is 11.8. The van der Waals surface area contributed by atoms with Crippen LogP contribution in [0.25, 0.3) is 10.9 Å². The Bertz CT molecular complexity index is 845. The lowest BCUT2D eigenvalue weighted by Gasteiger charge is -2.10. The van der Waals surface area contributed by atoms with Gasteiger partial charge in [-0.15, -0.1) is 0 Å². The van der Waals surface area contributed by atoms with Crippen LogP contribution in [0.2, 0.25) is 0 Å². The average molecular weight is 353 g/mol. The number of alkyl halides is 3. The first-order valence-corrected chi connectivity index (χ1v) is 6.12. The zero-order chi connectivity index (χ0) is 18.1. The molecule has 0 bridgehead atoms. The van der Waals surface area contributed by atoms with Gasteiger partial charge in [0.1, 0.15) is 0 Å². The van der Waals surface area contributed by atoms with Crippen molar-refractivity contribution in [1.82, 2.24) is 4.98 Å². The smallest absolute Gasteiger partial charge is 0.491 e. The molecule has 0 unspecified atom stereocenters. The number of aromatic nitrogens is 1. The molecule has 0 aliphatic rings. The predicted molar refractivity (Wildman–Crippen MR) is 69.1 cm³/mol. The minimum Gasteiger partial charge on any atom is -0.491 e. The number of carbonyl (C=O) groups excluding carboxylic acids is 1. The molecule has 1 N–H and O–H groups in total. The van der Waals surface area contributed by atoms with Crippen molar-refractivity contribution in [2.24, 2.45) is 0 Å². The Kier molecular flexibility index (Phi) is 4.62. The summed E-state index contributed by atoms with van der Waals surface area (Å²) in [5.74, 6) is -4.10. The molecule has 2 aromatic rings. The summed E-state index contributed by atoms with van der Waals surface area (Å²) in [6.07, 6.45) is -5.78. The van der Waals surface area contributed by atoms with E-state index < -0.39 is 52.9 Å². The number of fused-ring (bicyclic) bond motifs is 1. The number of methoxy groups -OCH3 is 1. The highest BCUT2D eigenvalue weighted by Gasteiger charge is 2.30. The Balaban J connectivity index is 2.37. The number of nitrogens with one attached hydrogen (secondary N) is 1. The number of carbonyl (C=O) groups is 1. The van der Waals surface area contributed by atoms with Gasteiger partial charge in [-0.1, -0.05) is 0 Å². The van der Waals surface area contributed by atoms with Crippen LogP contribution in [0.5, 0.6) is 11.5 Å². The van der Waals surface area contributed by atoms with Crippen molar-refractivity contribution in [1.29, 1.82) is 0 Å². The van der Waals surface area contributed by atoms with Crippen molar-refractivity contribution in [3.63, 3.8) is 0 Å². The van der Waals surface area contributed by atoms with Gasteiger partial charge in [0, 0.05) is 6.20 Å². The summed E-state index contributed by atoms with van der Waals surface area (Å²) in [4.78, 5) is 25.6. The van der Waals surface area contributed by atoms with Crippen molar-refractivity contribution in [3.8, 4) is 11.5 Å². The lowest BCUT2D eigenvalue weighted by atomic mass is 10.2. The van der Waals surface area contributed by atoms with Gasteiger partial charge in [0.25, 0.3) is 0 Å². The van der Waals surface area contributed by atoms with Crippen LogP contribution < -0.4 is 14.9 Å². The highest BCUT2D eigenvalue weighted by molar-refractivity contribution is 5.86. The number of hydrogen-bond acceptors (Lipinski definition) is 5. The van der Waals surface area contributed by atoms with E-state index in [9.17, 15) is 31.5 Å². The summed E-state index contributed by atoms with van der Waals surface area (Å²) >= 11 is 0. The van der Waals surface area contributed by atoms with Crippen LogP contribution in [-0.4, -0.2) is 31.0 Å². The molecule has 0 radical (unpaired) electrons. The maximum Gasteiger partial charge on any atom is 0.514 e. The number of benzene rings is 1. The van der Waals surface area contributed by atoms with Crippen LogP contribution in [0.15, 0.2) is 17.1 Å². The molecule has 0 aliphatic carbocycles. The molecule has 0 atom stereocenters. The van der Waals surface area contributed by atoms with Gasteiger partial charge < -0.3 is 19.2 Å². The first-order valence-electron chi connectivity index (χ1n) is 6.12. The molecule has 11 heteroatoms. The summed E-state index contributed by atoms with van der Waals surface area (Å²) in [6, 6.07) is 0.528. The molecule has 1 aromatic heterocycles. The van der Waals surface area contributed by atoms with E-state index in [-0.39, 0.29) is 5.52 Å². The minimum atomic E-state index is -4.77. The van der Waals surface area contributed by atoms with Crippen molar-refractivity contribution in [3.05, 3.63) is 34.1 Å². The number of pyridine rings is 1. The lowest BCUT2D eigenvalue weighted by Crippen LogP contribution is -2.23. The normalized spacial score (nSPS) is 11.4. The molecule has 0 saturated heterocycles. The fourth-order valence-corrected chi connectivity index (χ4v) is 1.79. The standard InChI is InChI=1S/C13H8F5NO5/c1-22-11-8(15)6(14)2-5-9(11)19-3-7(10(5)20)24-12(21)23-4-13(16,17)18/h2-3H,4H2,1H3,(H,19,20). The van der Waals surface area contributed by atoms with E-state index in [1.165, 1.54) is 0 Å². The van der Waals surface area contributed by atoms with Gasteiger partial charge in [0.15, 0.2) is 23.9 Å². The second-order valence-electron chi connectivity index (χ2n) is 4.37. The van der Waals surface area contributed by atoms with E-state index >= 15 is 0 Å². The highest BCUT2D eigenvalue weighted by Crippen LogP contribution is 2.28. The Morgan fingerprint density at radius 1 is 1.29 bits per heavy atom. The quantitative estimate of drug-likeness (QED) is 0.678. The highest BCUT2D eigenvalue weighted by atomic mass is 19.4. The second kappa shape index (κ2) is 6.34. The van der Waals surface area contributed by atoms with Gasteiger partial charge in [-0.05, 0) is 6.07 Å². The van der Waals surface area contributed by atoms with E-state index in [2.05, 4.69) is 19.2 Å². The largest absolute Gasteiger partial charge is 0.514 e. The summed E-state index contributed by atoms with van der Waals surface area (Å²) in [5.41, 5.74) is -1.30. The van der Waals surface area contributed by atoms with Crippen LogP contribution in [0, 0.1) is 11.6 Å². The summed E-state index contributed by atoms with van der Waals surface area (Å²) < 4.78 is 75.5. The molecule has 0 amide bonds. The number of aromatic amines is 1. The van der Waals surface area contributed by atoms with Crippen LogP contribution in [0.4, 0.5) is 26.7 Å². The maximum absolute atomic E-state index is 13.6. The molecule has 0 aliphatic heterocycles. The van der Waals surface area contributed by atoms with Gasteiger partial charge >= 0.3 is 12.3 Å². The molecule has 24 heavy (non-hydrogen) atoms. The fraction of sp³-hybridized carbons (Fsp3) is 0.231. The third kappa shape index (κ3) is 3.55. The summed E-state index contributed by atoms with van der Waals surface area (Å²) in [6.45, 7) is -1.91. The lowest BCUT2D eigenvalue weighted by molar-refractivity contribution is -0.163. The van der Waals surface area contributed by atoms with E-state index in [0.717, 1.165) is 13.3 Å². The number of halogens is 5. The Morgan fingerprint density at radius 2 is 1.96 bits per heavy atom. The second-order valence-corrected chi connectivity index (χ2v) is 4.37. The maximum atomic E-state index is 13.6. The minimum absolute atomic E-state index is 0.225. The Hall–Kier alpha value is -2.85. The number of hydrogen-bond donors (Lipinski definition) is 1. The van der Waals surface area contributed by atoms with E-state index in [1.54, 1.807) is 0 Å². The first-order chi connectivity index (χ1) is 11.1. The fourth-order valence-electron chi connectivity index (χ4n) is 1.79. The molecule has 0 spiro atoms. The van der Waals surface area contributed by atoms with Crippen molar-refractivity contribution >= 4 is 17.1 Å².